The Morgan fingerprint density at radius 3 is 2.34 bits per heavy atom. The number of carbonyl (C=O) groups is 1. The first kappa shape index (κ1) is 21.9. The Hall–Kier alpha value is -3.32. The SMILES string of the molecule is Cc1ccc(CN(C)C(=O)[C@H]2CN(S(=O)(=O)Cc3ccccc3)c3ccccc3O2)cc1. The molecule has 0 spiro atoms. The van der Waals surface area contributed by atoms with E-state index >= 15 is 0 Å². The van der Waals surface area contributed by atoms with E-state index in [1.807, 2.05) is 49.4 Å². The third-order valence-corrected chi connectivity index (χ3v) is 7.17. The van der Waals surface area contributed by atoms with Crippen molar-refractivity contribution in [1.82, 2.24) is 4.90 Å². The number of rotatable bonds is 6. The van der Waals surface area contributed by atoms with E-state index in [9.17, 15) is 13.2 Å². The molecule has 0 aliphatic carbocycles. The summed E-state index contributed by atoms with van der Waals surface area (Å²) >= 11 is 0. The molecule has 6 nitrogen and oxygen atoms in total. The van der Waals surface area contributed by atoms with Gasteiger partial charge in [0.2, 0.25) is 10.0 Å². The summed E-state index contributed by atoms with van der Waals surface area (Å²) < 4.78 is 33.9. The molecule has 0 unspecified atom stereocenters. The van der Waals surface area contributed by atoms with E-state index in [4.69, 9.17) is 4.74 Å². The van der Waals surface area contributed by atoms with Crippen LogP contribution in [0.25, 0.3) is 0 Å². The van der Waals surface area contributed by atoms with Gasteiger partial charge in [0, 0.05) is 13.6 Å². The van der Waals surface area contributed by atoms with Gasteiger partial charge in [0.15, 0.2) is 6.10 Å². The quantitative estimate of drug-likeness (QED) is 0.574. The molecule has 166 valence electrons. The van der Waals surface area contributed by atoms with Gasteiger partial charge in [-0.3, -0.25) is 9.10 Å². The lowest BCUT2D eigenvalue weighted by molar-refractivity contribution is -0.137. The summed E-state index contributed by atoms with van der Waals surface area (Å²) in [5.41, 5.74) is 3.29. The van der Waals surface area contributed by atoms with Crippen LogP contribution in [0.1, 0.15) is 16.7 Å². The largest absolute Gasteiger partial charge is 0.476 e. The summed E-state index contributed by atoms with van der Waals surface area (Å²) in [5, 5.41) is 0. The number of hydrogen-bond acceptors (Lipinski definition) is 4. The van der Waals surface area contributed by atoms with Gasteiger partial charge in [-0.05, 0) is 30.2 Å². The van der Waals surface area contributed by atoms with E-state index in [0.29, 0.717) is 23.5 Å². The highest BCUT2D eigenvalue weighted by atomic mass is 32.2. The van der Waals surface area contributed by atoms with E-state index in [0.717, 1.165) is 11.1 Å². The van der Waals surface area contributed by atoms with E-state index in [-0.39, 0.29) is 18.2 Å². The zero-order valence-corrected chi connectivity index (χ0v) is 19.0. The topological polar surface area (TPSA) is 66.9 Å². The minimum Gasteiger partial charge on any atom is -0.476 e. The van der Waals surface area contributed by atoms with Gasteiger partial charge in [0.1, 0.15) is 5.75 Å². The van der Waals surface area contributed by atoms with Crippen LogP contribution in [-0.4, -0.2) is 38.9 Å². The predicted octanol–water partition coefficient (Wildman–Crippen LogP) is 3.75. The summed E-state index contributed by atoms with van der Waals surface area (Å²) in [6.45, 7) is 2.36. The van der Waals surface area contributed by atoms with Crippen LogP contribution in [0.3, 0.4) is 0 Å². The molecule has 1 heterocycles. The lowest BCUT2D eigenvalue weighted by Crippen LogP contribution is -2.51. The molecule has 4 rings (SSSR count). The molecule has 1 amide bonds. The summed E-state index contributed by atoms with van der Waals surface area (Å²) in [7, 11) is -2.02. The Bertz CT molecular complexity index is 1190. The fourth-order valence-corrected chi connectivity index (χ4v) is 5.33. The van der Waals surface area contributed by atoms with E-state index in [1.54, 1.807) is 48.3 Å². The molecule has 1 aliphatic heterocycles. The van der Waals surface area contributed by atoms with Crippen LogP contribution in [0.5, 0.6) is 5.75 Å². The average Bonchev–Trinajstić information content (AvgIpc) is 2.79. The molecule has 3 aromatic rings. The van der Waals surface area contributed by atoms with Crippen LogP contribution >= 0.6 is 0 Å². The maximum Gasteiger partial charge on any atom is 0.265 e. The highest BCUT2D eigenvalue weighted by Crippen LogP contribution is 2.36. The molecule has 0 radical (unpaired) electrons. The zero-order valence-electron chi connectivity index (χ0n) is 18.1. The molecule has 1 aliphatic rings. The van der Waals surface area contributed by atoms with Crippen molar-refractivity contribution in [3.05, 3.63) is 95.6 Å². The van der Waals surface area contributed by atoms with E-state index in [2.05, 4.69) is 0 Å². The number of amides is 1. The van der Waals surface area contributed by atoms with Gasteiger partial charge < -0.3 is 9.64 Å². The number of benzene rings is 3. The minimum absolute atomic E-state index is 0.0662. The molecule has 0 N–H and O–H groups in total. The standard InChI is InChI=1S/C25H26N2O4S/c1-19-12-14-20(15-13-19)16-26(2)25(28)24-17-27(22-10-6-7-11-23(22)31-24)32(29,30)18-21-8-4-3-5-9-21/h3-15,24H,16-18H2,1-2H3/t24-/m1/s1. The Labute approximate surface area is 189 Å². The van der Waals surface area contributed by atoms with Crippen LogP contribution in [0.4, 0.5) is 5.69 Å². The van der Waals surface area contributed by atoms with Gasteiger partial charge in [-0.15, -0.1) is 0 Å². The first-order valence-corrected chi connectivity index (χ1v) is 12.0. The molecule has 3 aromatic carbocycles. The van der Waals surface area contributed by atoms with Crippen LogP contribution in [0.2, 0.25) is 0 Å². The van der Waals surface area contributed by atoms with Crippen molar-refractivity contribution in [3.63, 3.8) is 0 Å². The van der Waals surface area contributed by atoms with Crippen molar-refractivity contribution in [1.29, 1.82) is 0 Å². The zero-order chi connectivity index (χ0) is 22.7. The Morgan fingerprint density at radius 2 is 1.62 bits per heavy atom. The van der Waals surface area contributed by atoms with E-state index in [1.165, 1.54) is 4.31 Å². The molecule has 0 saturated carbocycles. The van der Waals surface area contributed by atoms with Crippen molar-refractivity contribution in [2.24, 2.45) is 0 Å². The van der Waals surface area contributed by atoms with E-state index < -0.39 is 16.1 Å². The van der Waals surface area contributed by atoms with Gasteiger partial charge in [0.05, 0.1) is 18.0 Å². The number of carbonyl (C=O) groups excluding carboxylic acids is 1. The number of nitrogens with zero attached hydrogens (tertiary/aromatic N) is 2. The molecule has 0 fully saturated rings. The molecule has 0 bridgehead atoms. The smallest absolute Gasteiger partial charge is 0.265 e. The Kier molecular flexibility index (Phi) is 6.19. The number of likely N-dealkylation sites (N-methyl/N-ethyl adjacent to an activating group) is 1. The van der Waals surface area contributed by atoms with Gasteiger partial charge in [-0.1, -0.05) is 72.3 Å². The lowest BCUT2D eigenvalue weighted by Gasteiger charge is -2.36. The second-order valence-electron chi connectivity index (χ2n) is 8.03. The maximum atomic E-state index is 13.3. The van der Waals surface area contributed by atoms with Crippen LogP contribution in [-0.2, 0) is 27.1 Å². The molecular weight excluding hydrogens is 424 g/mol. The van der Waals surface area contributed by atoms with Gasteiger partial charge >= 0.3 is 0 Å². The van der Waals surface area contributed by atoms with Crippen LogP contribution in [0.15, 0.2) is 78.9 Å². The molecule has 32 heavy (non-hydrogen) atoms. The first-order valence-electron chi connectivity index (χ1n) is 10.4. The highest BCUT2D eigenvalue weighted by molar-refractivity contribution is 7.92. The normalized spacial score (nSPS) is 15.6. The minimum atomic E-state index is -3.72. The number of anilines is 1. The molecule has 7 heteroatoms. The van der Waals surface area contributed by atoms with Crippen LogP contribution in [0, 0.1) is 6.92 Å². The first-order chi connectivity index (χ1) is 15.3. The maximum absolute atomic E-state index is 13.3. The van der Waals surface area contributed by atoms with Crippen molar-refractivity contribution in [3.8, 4) is 5.75 Å². The van der Waals surface area contributed by atoms with Gasteiger partial charge in [0.25, 0.3) is 5.91 Å². The number of para-hydroxylation sites is 2. The fraction of sp³-hybridized carbons (Fsp3) is 0.240. The van der Waals surface area contributed by atoms with Crippen molar-refractivity contribution in [2.75, 3.05) is 17.9 Å². The number of fused-ring (bicyclic) bond motifs is 1. The molecular formula is C25H26N2O4S. The van der Waals surface area contributed by atoms with Crippen LogP contribution < -0.4 is 9.04 Å². The summed E-state index contributed by atoms with van der Waals surface area (Å²) in [5.74, 6) is -0.0279. The Balaban J connectivity index is 1.57. The summed E-state index contributed by atoms with van der Waals surface area (Å²) in [4.78, 5) is 14.8. The molecule has 0 aromatic heterocycles. The Morgan fingerprint density at radius 1 is 0.969 bits per heavy atom. The number of hydrogen-bond donors (Lipinski definition) is 0. The third-order valence-electron chi connectivity index (χ3n) is 5.45. The average molecular weight is 451 g/mol. The predicted molar refractivity (Wildman–Crippen MR) is 125 cm³/mol. The summed E-state index contributed by atoms with van der Waals surface area (Å²) in [6, 6.07) is 23.9. The van der Waals surface area contributed by atoms with Crippen molar-refractivity contribution in [2.45, 2.75) is 25.3 Å². The monoisotopic (exact) mass is 450 g/mol. The highest BCUT2D eigenvalue weighted by Gasteiger charge is 2.37. The second kappa shape index (κ2) is 9.04. The summed E-state index contributed by atoms with van der Waals surface area (Å²) in [6.07, 6.45) is -0.925. The molecule has 0 saturated heterocycles. The van der Waals surface area contributed by atoms with Gasteiger partial charge in [-0.2, -0.15) is 0 Å². The number of aryl methyl sites for hydroxylation is 1. The fourth-order valence-electron chi connectivity index (χ4n) is 3.75. The van der Waals surface area contributed by atoms with Crippen molar-refractivity contribution < 1.29 is 17.9 Å². The molecule has 1 atom stereocenters. The van der Waals surface area contributed by atoms with Crippen molar-refractivity contribution >= 4 is 21.6 Å². The second-order valence-corrected chi connectivity index (χ2v) is 9.92. The number of ether oxygens (including phenoxy) is 1. The lowest BCUT2D eigenvalue weighted by atomic mass is 10.1. The third kappa shape index (κ3) is 4.78. The van der Waals surface area contributed by atoms with Gasteiger partial charge in [-0.25, -0.2) is 8.42 Å². The number of sulfonamides is 1.